The number of thiocarbonyl (C=S) groups is 1. The number of benzene rings is 2. The zero-order chi connectivity index (χ0) is 19.6. The number of non-ortho nitro benzene ring substituents is 1. The van der Waals surface area contributed by atoms with Gasteiger partial charge < -0.3 is 5.32 Å². The van der Waals surface area contributed by atoms with Gasteiger partial charge in [0.2, 0.25) is 0 Å². The first kappa shape index (κ1) is 18.3. The van der Waals surface area contributed by atoms with Gasteiger partial charge in [-0.2, -0.15) is 0 Å². The maximum Gasteiger partial charge on any atom is 0.282 e. The molecule has 0 unspecified atom stereocenters. The SMILES string of the molecule is O=C(NC(=S)Nc1nc2ccc([N+](=O)[O-])cc2s1)c1ccccc1[N+](=O)[O-]. The Balaban J connectivity index is 1.74. The van der Waals surface area contributed by atoms with Crippen molar-refractivity contribution in [1.29, 1.82) is 0 Å². The molecular formula is C15H9N5O5S2. The van der Waals surface area contributed by atoms with Crippen LogP contribution in [-0.2, 0) is 0 Å². The third kappa shape index (κ3) is 4.02. The molecule has 27 heavy (non-hydrogen) atoms. The van der Waals surface area contributed by atoms with E-state index in [-0.39, 0.29) is 22.1 Å². The van der Waals surface area contributed by atoms with Crippen LogP contribution in [0.1, 0.15) is 10.4 Å². The monoisotopic (exact) mass is 403 g/mol. The summed E-state index contributed by atoms with van der Waals surface area (Å²) in [5, 5.41) is 27.1. The molecule has 3 aromatic rings. The molecule has 1 heterocycles. The van der Waals surface area contributed by atoms with Crippen LogP contribution in [-0.4, -0.2) is 25.9 Å². The maximum absolute atomic E-state index is 12.2. The van der Waals surface area contributed by atoms with Crippen molar-refractivity contribution in [2.24, 2.45) is 0 Å². The molecule has 0 fully saturated rings. The molecule has 0 saturated heterocycles. The molecule has 3 rings (SSSR count). The van der Waals surface area contributed by atoms with Crippen LogP contribution >= 0.6 is 23.6 Å². The number of nitrogens with zero attached hydrogens (tertiary/aromatic N) is 3. The molecule has 0 aliphatic rings. The van der Waals surface area contributed by atoms with E-state index in [1.807, 2.05) is 0 Å². The molecule has 1 aromatic heterocycles. The number of hydrogen-bond acceptors (Lipinski definition) is 8. The summed E-state index contributed by atoms with van der Waals surface area (Å²) in [7, 11) is 0. The van der Waals surface area contributed by atoms with Crippen molar-refractivity contribution in [3.8, 4) is 0 Å². The van der Waals surface area contributed by atoms with Crippen LogP contribution in [0.3, 0.4) is 0 Å². The lowest BCUT2D eigenvalue weighted by atomic mass is 10.1. The van der Waals surface area contributed by atoms with Crippen LogP contribution in [0.5, 0.6) is 0 Å². The van der Waals surface area contributed by atoms with Gasteiger partial charge in [-0.05, 0) is 24.4 Å². The number of rotatable bonds is 4. The Kier molecular flexibility index (Phi) is 5.00. The van der Waals surface area contributed by atoms with Gasteiger partial charge in [0, 0.05) is 18.2 Å². The quantitative estimate of drug-likeness (QED) is 0.384. The van der Waals surface area contributed by atoms with E-state index < -0.39 is 15.8 Å². The Bertz CT molecular complexity index is 1100. The first-order valence-corrected chi connectivity index (χ1v) is 8.48. The number of carbonyl (C=O) groups excluding carboxylic acids is 1. The fraction of sp³-hybridized carbons (Fsp3) is 0. The van der Waals surface area contributed by atoms with Gasteiger partial charge in [0.1, 0.15) is 5.56 Å². The van der Waals surface area contributed by atoms with Crippen molar-refractivity contribution in [3.63, 3.8) is 0 Å². The third-order valence-corrected chi connectivity index (χ3v) is 4.51. The number of hydrogen-bond donors (Lipinski definition) is 2. The van der Waals surface area contributed by atoms with Crippen LogP contribution in [0.2, 0.25) is 0 Å². The van der Waals surface area contributed by atoms with Crippen LogP contribution in [0.15, 0.2) is 42.5 Å². The molecule has 0 radical (unpaired) electrons. The minimum absolute atomic E-state index is 0.0648. The van der Waals surface area contributed by atoms with E-state index in [0.29, 0.717) is 15.3 Å². The average Bonchev–Trinajstić information content (AvgIpc) is 3.02. The molecule has 2 aromatic carbocycles. The van der Waals surface area contributed by atoms with Crippen molar-refractivity contribution in [1.82, 2.24) is 10.3 Å². The normalized spacial score (nSPS) is 10.4. The molecule has 0 aliphatic carbocycles. The number of aromatic nitrogens is 1. The minimum Gasteiger partial charge on any atom is -0.308 e. The lowest BCUT2D eigenvalue weighted by Crippen LogP contribution is -2.34. The number of nitro groups is 2. The van der Waals surface area contributed by atoms with Gasteiger partial charge in [-0.15, -0.1) is 0 Å². The second-order valence-corrected chi connectivity index (χ2v) is 6.55. The molecule has 0 aliphatic heterocycles. The molecular weight excluding hydrogens is 394 g/mol. The van der Waals surface area contributed by atoms with Gasteiger partial charge in [-0.25, -0.2) is 4.98 Å². The smallest absolute Gasteiger partial charge is 0.282 e. The van der Waals surface area contributed by atoms with Crippen LogP contribution in [0.4, 0.5) is 16.5 Å². The zero-order valence-electron chi connectivity index (χ0n) is 13.2. The summed E-state index contributed by atoms with van der Waals surface area (Å²) in [6, 6.07) is 9.70. The highest BCUT2D eigenvalue weighted by atomic mass is 32.1. The standard InChI is InChI=1S/C15H9N5O5S2/c21-13(9-3-1-2-4-11(9)20(24)25)17-14(26)18-15-16-10-6-5-8(19(22)23)7-12(10)27-15/h1-7H,(H2,16,17,18,21,26). The first-order valence-electron chi connectivity index (χ1n) is 7.26. The highest BCUT2D eigenvalue weighted by Gasteiger charge is 2.20. The van der Waals surface area contributed by atoms with Crippen molar-refractivity contribution in [3.05, 3.63) is 68.3 Å². The van der Waals surface area contributed by atoms with Gasteiger partial charge in [0.05, 0.1) is 20.1 Å². The maximum atomic E-state index is 12.2. The summed E-state index contributed by atoms with van der Waals surface area (Å²) in [4.78, 5) is 37.1. The van der Waals surface area contributed by atoms with Gasteiger partial charge in [-0.3, -0.25) is 30.3 Å². The first-order chi connectivity index (χ1) is 12.8. The molecule has 0 atom stereocenters. The van der Waals surface area contributed by atoms with Crippen molar-refractivity contribution < 1.29 is 14.6 Å². The molecule has 10 nitrogen and oxygen atoms in total. The number of nitro benzene ring substituents is 2. The molecule has 2 N–H and O–H groups in total. The second kappa shape index (κ2) is 7.39. The summed E-state index contributed by atoms with van der Waals surface area (Å²) >= 11 is 6.15. The summed E-state index contributed by atoms with van der Waals surface area (Å²) < 4.78 is 0.569. The van der Waals surface area contributed by atoms with Gasteiger partial charge in [0.25, 0.3) is 17.3 Å². The number of carbonyl (C=O) groups is 1. The van der Waals surface area contributed by atoms with E-state index in [4.69, 9.17) is 12.2 Å². The second-order valence-electron chi connectivity index (χ2n) is 5.11. The predicted octanol–water partition coefficient (Wildman–Crippen LogP) is 3.24. The zero-order valence-corrected chi connectivity index (χ0v) is 14.9. The molecule has 0 bridgehead atoms. The molecule has 12 heteroatoms. The number of thiazole rings is 1. The fourth-order valence-corrected chi connectivity index (χ4v) is 3.36. The van der Waals surface area contributed by atoms with E-state index in [9.17, 15) is 25.0 Å². The minimum atomic E-state index is -0.739. The van der Waals surface area contributed by atoms with Crippen LogP contribution in [0.25, 0.3) is 10.2 Å². The van der Waals surface area contributed by atoms with Gasteiger partial charge in [-0.1, -0.05) is 23.5 Å². The topological polar surface area (TPSA) is 140 Å². The lowest BCUT2D eigenvalue weighted by Gasteiger charge is -2.07. The Labute approximate surface area is 160 Å². The predicted molar refractivity (Wildman–Crippen MR) is 103 cm³/mol. The number of amides is 1. The molecule has 1 amide bonds. The average molecular weight is 403 g/mol. The highest BCUT2D eigenvalue weighted by Crippen LogP contribution is 2.29. The Hall–Kier alpha value is -3.51. The number of para-hydroxylation sites is 1. The number of nitrogens with one attached hydrogen (secondary N) is 2. The van der Waals surface area contributed by atoms with E-state index in [1.165, 1.54) is 42.5 Å². The molecule has 0 saturated carbocycles. The summed E-state index contributed by atoms with van der Waals surface area (Å²) in [6.07, 6.45) is 0. The summed E-state index contributed by atoms with van der Waals surface area (Å²) in [5.74, 6) is -0.739. The van der Waals surface area contributed by atoms with E-state index >= 15 is 0 Å². The van der Waals surface area contributed by atoms with E-state index in [1.54, 1.807) is 0 Å². The fourth-order valence-electron chi connectivity index (χ4n) is 2.20. The summed E-state index contributed by atoms with van der Waals surface area (Å²) in [5.41, 5.74) is -0.0115. The van der Waals surface area contributed by atoms with Crippen molar-refractivity contribution >= 4 is 61.3 Å². The van der Waals surface area contributed by atoms with E-state index in [0.717, 1.165) is 11.3 Å². The van der Waals surface area contributed by atoms with Crippen LogP contribution in [0, 0.1) is 20.2 Å². The number of anilines is 1. The molecule has 0 spiro atoms. The highest BCUT2D eigenvalue weighted by molar-refractivity contribution is 7.80. The van der Waals surface area contributed by atoms with Gasteiger partial charge in [0.15, 0.2) is 10.2 Å². The van der Waals surface area contributed by atoms with Crippen molar-refractivity contribution in [2.75, 3.05) is 5.32 Å². The Morgan fingerprint density at radius 1 is 1.11 bits per heavy atom. The van der Waals surface area contributed by atoms with Crippen LogP contribution < -0.4 is 10.6 Å². The lowest BCUT2D eigenvalue weighted by molar-refractivity contribution is -0.385. The van der Waals surface area contributed by atoms with E-state index in [2.05, 4.69) is 15.6 Å². The van der Waals surface area contributed by atoms with Crippen molar-refractivity contribution in [2.45, 2.75) is 0 Å². The Morgan fingerprint density at radius 3 is 2.56 bits per heavy atom. The van der Waals surface area contributed by atoms with Gasteiger partial charge >= 0.3 is 0 Å². The number of fused-ring (bicyclic) bond motifs is 1. The Morgan fingerprint density at radius 2 is 1.85 bits per heavy atom. The third-order valence-electron chi connectivity index (χ3n) is 3.38. The summed E-state index contributed by atoms with van der Waals surface area (Å²) in [6.45, 7) is 0. The molecule has 136 valence electrons. The largest absolute Gasteiger partial charge is 0.308 e.